The van der Waals surface area contributed by atoms with Gasteiger partial charge in [-0.2, -0.15) is 0 Å². The first-order valence-corrected chi connectivity index (χ1v) is 8.96. The molecule has 0 radical (unpaired) electrons. The van der Waals surface area contributed by atoms with E-state index < -0.39 is 0 Å². The molecule has 7 heteroatoms. The number of likely N-dealkylation sites (tertiary alicyclic amines) is 1. The van der Waals surface area contributed by atoms with Gasteiger partial charge in [0.25, 0.3) is 5.91 Å². The molecule has 1 aliphatic heterocycles. The highest BCUT2D eigenvalue weighted by Crippen LogP contribution is 2.31. The molecule has 0 aliphatic carbocycles. The number of nitrogens with one attached hydrogen (secondary N) is 1. The molecule has 1 saturated heterocycles. The average molecular weight is 363 g/mol. The summed E-state index contributed by atoms with van der Waals surface area (Å²) in [6.45, 7) is 1.12. The molecular formula is C20H21N5O2. The lowest BCUT2D eigenvalue weighted by Crippen LogP contribution is -2.40. The molecule has 1 fully saturated rings. The highest BCUT2D eigenvalue weighted by molar-refractivity contribution is 5.94. The Hall–Kier alpha value is -3.19. The summed E-state index contributed by atoms with van der Waals surface area (Å²) in [7, 11) is 0. The Labute approximate surface area is 156 Å². The van der Waals surface area contributed by atoms with Crippen molar-refractivity contribution < 1.29 is 9.90 Å². The zero-order chi connectivity index (χ0) is 18.8. The number of nitrogen functional groups attached to an aromatic ring is 1. The van der Waals surface area contributed by atoms with Crippen LogP contribution < -0.4 is 5.73 Å². The number of aliphatic hydroxyl groups excluding tert-OH is 1. The van der Waals surface area contributed by atoms with Gasteiger partial charge in [0.15, 0.2) is 0 Å². The molecule has 3 aromatic rings. The minimum absolute atomic E-state index is 0.0727. The van der Waals surface area contributed by atoms with E-state index in [1.54, 1.807) is 23.4 Å². The summed E-state index contributed by atoms with van der Waals surface area (Å²) in [5.74, 6) is 0.111. The third-order valence-corrected chi connectivity index (χ3v) is 4.83. The summed E-state index contributed by atoms with van der Waals surface area (Å²) in [5.41, 5.74) is 9.59. The predicted octanol–water partition coefficient (Wildman–Crippen LogP) is 2.32. The number of piperidine rings is 1. The van der Waals surface area contributed by atoms with Gasteiger partial charge in [0.2, 0.25) is 5.95 Å². The van der Waals surface area contributed by atoms with Crippen LogP contribution in [0.4, 0.5) is 5.95 Å². The molecule has 0 saturated carbocycles. The third kappa shape index (κ3) is 3.54. The Morgan fingerprint density at radius 3 is 2.67 bits per heavy atom. The van der Waals surface area contributed by atoms with E-state index in [0.29, 0.717) is 37.3 Å². The lowest BCUT2D eigenvalue weighted by molar-refractivity contribution is 0.0542. The molecule has 4 rings (SSSR count). The number of amides is 1. The topological polar surface area (TPSA) is 108 Å². The van der Waals surface area contributed by atoms with Gasteiger partial charge in [0.1, 0.15) is 5.69 Å². The van der Waals surface area contributed by atoms with Gasteiger partial charge >= 0.3 is 0 Å². The molecule has 0 unspecified atom stereocenters. The largest absolute Gasteiger partial charge is 0.393 e. The number of hydrogen-bond acceptors (Lipinski definition) is 5. The lowest BCUT2D eigenvalue weighted by atomic mass is 10.0. The maximum atomic E-state index is 12.7. The van der Waals surface area contributed by atoms with Crippen molar-refractivity contribution in [1.82, 2.24) is 19.9 Å². The Balaban J connectivity index is 1.66. The molecule has 3 heterocycles. The van der Waals surface area contributed by atoms with Crippen LogP contribution in [0, 0.1) is 0 Å². The Morgan fingerprint density at radius 2 is 1.93 bits per heavy atom. The van der Waals surface area contributed by atoms with Gasteiger partial charge in [-0.25, -0.2) is 9.97 Å². The molecule has 27 heavy (non-hydrogen) atoms. The first-order chi connectivity index (χ1) is 13.1. The zero-order valence-corrected chi connectivity index (χ0v) is 14.8. The number of carbonyl (C=O) groups is 1. The summed E-state index contributed by atoms with van der Waals surface area (Å²) < 4.78 is 0. The number of hydrogen-bond donors (Lipinski definition) is 3. The van der Waals surface area contributed by atoms with E-state index in [0.717, 1.165) is 16.7 Å². The second kappa shape index (κ2) is 7.20. The smallest absolute Gasteiger partial charge is 0.270 e. The monoisotopic (exact) mass is 363 g/mol. The van der Waals surface area contributed by atoms with E-state index in [-0.39, 0.29) is 18.0 Å². The van der Waals surface area contributed by atoms with E-state index in [4.69, 9.17) is 5.73 Å². The van der Waals surface area contributed by atoms with Crippen LogP contribution >= 0.6 is 0 Å². The molecule has 7 nitrogen and oxygen atoms in total. The lowest BCUT2D eigenvalue weighted by Gasteiger charge is -2.29. The Kier molecular flexibility index (Phi) is 4.60. The van der Waals surface area contributed by atoms with Gasteiger partial charge in [0, 0.05) is 36.6 Å². The summed E-state index contributed by atoms with van der Waals surface area (Å²) in [5, 5.41) is 9.63. The Morgan fingerprint density at radius 1 is 1.19 bits per heavy atom. The molecule has 1 aliphatic rings. The van der Waals surface area contributed by atoms with Crippen molar-refractivity contribution in [2.45, 2.75) is 18.9 Å². The second-order valence-corrected chi connectivity index (χ2v) is 6.68. The fourth-order valence-corrected chi connectivity index (χ4v) is 3.34. The number of nitrogens with zero attached hydrogens (tertiary/aromatic N) is 3. The molecule has 2 aromatic heterocycles. The molecular weight excluding hydrogens is 342 g/mol. The number of benzene rings is 1. The minimum atomic E-state index is -0.314. The number of aromatic nitrogens is 3. The van der Waals surface area contributed by atoms with Crippen LogP contribution in [0.1, 0.15) is 23.3 Å². The van der Waals surface area contributed by atoms with Crippen molar-refractivity contribution >= 4 is 11.9 Å². The number of nitrogens with two attached hydrogens (primary N) is 1. The van der Waals surface area contributed by atoms with Crippen LogP contribution in [0.2, 0.25) is 0 Å². The summed E-state index contributed by atoms with van der Waals surface area (Å²) in [6, 6.07) is 11.6. The van der Waals surface area contributed by atoms with Crippen LogP contribution in [-0.2, 0) is 0 Å². The van der Waals surface area contributed by atoms with E-state index in [2.05, 4.69) is 15.0 Å². The van der Waals surface area contributed by atoms with Crippen molar-refractivity contribution in [3.63, 3.8) is 0 Å². The number of H-pyrrole nitrogens is 1. The molecule has 1 amide bonds. The average Bonchev–Trinajstić information content (AvgIpc) is 3.19. The first kappa shape index (κ1) is 17.2. The molecule has 138 valence electrons. The molecule has 0 atom stereocenters. The van der Waals surface area contributed by atoms with Crippen LogP contribution in [0.15, 0.2) is 48.8 Å². The second-order valence-electron chi connectivity index (χ2n) is 6.68. The van der Waals surface area contributed by atoms with Crippen molar-refractivity contribution in [2.75, 3.05) is 18.8 Å². The summed E-state index contributed by atoms with van der Waals surface area (Å²) in [4.78, 5) is 26.1. The standard InChI is InChI=1S/C20H21N5O2/c21-20-23-12-16(13-4-2-1-3-5-13)18(24-20)14-10-17(22-11-14)19(27)25-8-6-15(26)7-9-25/h1-5,10-12,15,22,26H,6-9H2,(H2,21,23,24). The van der Waals surface area contributed by atoms with Crippen molar-refractivity contribution in [3.8, 4) is 22.4 Å². The molecule has 1 aromatic carbocycles. The van der Waals surface area contributed by atoms with Crippen LogP contribution in [0.25, 0.3) is 22.4 Å². The van der Waals surface area contributed by atoms with E-state index >= 15 is 0 Å². The van der Waals surface area contributed by atoms with Gasteiger partial charge in [-0.3, -0.25) is 4.79 Å². The normalized spacial score (nSPS) is 15.1. The number of carbonyl (C=O) groups excluding carboxylic acids is 1. The van der Waals surface area contributed by atoms with E-state index in [9.17, 15) is 9.90 Å². The molecule has 4 N–H and O–H groups in total. The molecule has 0 spiro atoms. The number of anilines is 1. The number of aliphatic hydroxyl groups is 1. The molecule has 0 bridgehead atoms. The zero-order valence-electron chi connectivity index (χ0n) is 14.8. The summed E-state index contributed by atoms with van der Waals surface area (Å²) in [6.07, 6.45) is 4.37. The van der Waals surface area contributed by atoms with Crippen molar-refractivity contribution in [2.24, 2.45) is 0 Å². The van der Waals surface area contributed by atoms with Crippen molar-refractivity contribution in [3.05, 3.63) is 54.5 Å². The van der Waals surface area contributed by atoms with E-state index in [1.165, 1.54) is 0 Å². The highest BCUT2D eigenvalue weighted by atomic mass is 16.3. The van der Waals surface area contributed by atoms with Crippen LogP contribution in [-0.4, -0.2) is 50.1 Å². The van der Waals surface area contributed by atoms with Gasteiger partial charge in [-0.05, 0) is 24.5 Å². The number of aromatic amines is 1. The van der Waals surface area contributed by atoms with Crippen LogP contribution in [0.3, 0.4) is 0 Å². The number of rotatable bonds is 3. The van der Waals surface area contributed by atoms with Gasteiger partial charge in [-0.1, -0.05) is 30.3 Å². The highest BCUT2D eigenvalue weighted by Gasteiger charge is 2.24. The maximum absolute atomic E-state index is 12.7. The van der Waals surface area contributed by atoms with Gasteiger partial charge in [-0.15, -0.1) is 0 Å². The minimum Gasteiger partial charge on any atom is -0.393 e. The first-order valence-electron chi connectivity index (χ1n) is 8.96. The SMILES string of the molecule is Nc1ncc(-c2ccccc2)c(-c2c[nH]c(C(=O)N3CCC(O)CC3)c2)n1. The quantitative estimate of drug-likeness (QED) is 0.662. The Bertz CT molecular complexity index is 946. The predicted molar refractivity (Wildman–Crippen MR) is 103 cm³/mol. The fraction of sp³-hybridized carbons (Fsp3) is 0.250. The van der Waals surface area contributed by atoms with Crippen LogP contribution in [0.5, 0.6) is 0 Å². The fourth-order valence-electron chi connectivity index (χ4n) is 3.34. The summed E-state index contributed by atoms with van der Waals surface area (Å²) >= 11 is 0. The van der Waals surface area contributed by atoms with Gasteiger partial charge in [0.05, 0.1) is 11.8 Å². The third-order valence-electron chi connectivity index (χ3n) is 4.83. The van der Waals surface area contributed by atoms with E-state index in [1.807, 2.05) is 30.3 Å². The van der Waals surface area contributed by atoms with Crippen molar-refractivity contribution in [1.29, 1.82) is 0 Å². The maximum Gasteiger partial charge on any atom is 0.270 e. The van der Waals surface area contributed by atoms with Gasteiger partial charge < -0.3 is 20.7 Å².